The number of hydrogen-bond acceptors (Lipinski definition) is 1. The third kappa shape index (κ3) is 2.42. The molecule has 0 bridgehead atoms. The monoisotopic (exact) mass is 214 g/mol. The molecule has 1 rings (SSSR count). The van der Waals surface area contributed by atoms with Crippen LogP contribution in [0.2, 0.25) is 15.1 Å². The maximum Gasteiger partial charge on any atom is 0.152 e. The van der Waals surface area contributed by atoms with Crippen LogP contribution < -0.4 is 0 Å². The smallest absolute Gasteiger partial charge is 0.152 e. The van der Waals surface area contributed by atoms with E-state index in [-0.39, 0.29) is 21.3 Å². The van der Waals surface area contributed by atoms with Gasteiger partial charge in [-0.2, -0.15) is 0 Å². The van der Waals surface area contributed by atoms with Crippen molar-refractivity contribution in [1.29, 1.82) is 0 Å². The Morgan fingerprint density at radius 1 is 1.00 bits per heavy atom. The van der Waals surface area contributed by atoms with E-state index in [4.69, 9.17) is 39.9 Å². The second-order valence-corrected chi connectivity index (χ2v) is 2.97. The summed E-state index contributed by atoms with van der Waals surface area (Å²) in [5, 5.41) is 9.75. The summed E-state index contributed by atoms with van der Waals surface area (Å²) in [6.45, 7) is 0. The van der Waals surface area contributed by atoms with E-state index in [2.05, 4.69) is 0 Å². The lowest BCUT2D eigenvalue weighted by atomic mass is 10.3. The summed E-state index contributed by atoms with van der Waals surface area (Å²) in [6, 6.07) is 2.84. The maximum absolute atomic E-state index is 9.01. The van der Waals surface area contributed by atoms with E-state index in [0.29, 0.717) is 5.02 Å². The van der Waals surface area contributed by atoms with Gasteiger partial charge in [0.2, 0.25) is 0 Å². The Morgan fingerprint density at radius 2 is 1.36 bits per heavy atom. The molecular formula is C6H5Cl3O2. The van der Waals surface area contributed by atoms with Gasteiger partial charge in [-0.3, -0.25) is 0 Å². The second-order valence-electron chi connectivity index (χ2n) is 1.72. The molecule has 2 nitrogen and oxygen atoms in total. The Balaban J connectivity index is 0.000001000. The van der Waals surface area contributed by atoms with Crippen molar-refractivity contribution in [2.45, 2.75) is 0 Å². The molecule has 0 heterocycles. The number of benzene rings is 1. The molecule has 3 N–H and O–H groups in total. The highest BCUT2D eigenvalue weighted by Crippen LogP contribution is 2.34. The van der Waals surface area contributed by atoms with E-state index in [1.54, 1.807) is 0 Å². The van der Waals surface area contributed by atoms with Crippen molar-refractivity contribution in [2.75, 3.05) is 0 Å². The van der Waals surface area contributed by atoms with E-state index in [1.165, 1.54) is 12.1 Å². The normalized spacial score (nSPS) is 9.00. The Kier molecular flexibility index (Phi) is 3.97. The first-order valence-corrected chi connectivity index (χ1v) is 3.58. The summed E-state index contributed by atoms with van der Waals surface area (Å²) in [4.78, 5) is 0. The first-order valence-electron chi connectivity index (χ1n) is 2.45. The van der Waals surface area contributed by atoms with Crippen LogP contribution in [-0.4, -0.2) is 10.6 Å². The zero-order valence-electron chi connectivity index (χ0n) is 5.24. The molecule has 1 aromatic rings. The molecule has 1 aromatic carbocycles. The van der Waals surface area contributed by atoms with E-state index >= 15 is 0 Å². The molecule has 0 saturated heterocycles. The standard InChI is InChI=1S/C6H3Cl3O.H2O/c7-3-1-4(8)6(10)5(9)2-3;/h1-2,10H;1H2. The lowest BCUT2D eigenvalue weighted by molar-refractivity contribution is 0.476. The number of rotatable bonds is 0. The predicted molar refractivity (Wildman–Crippen MR) is 46.8 cm³/mol. The third-order valence-corrected chi connectivity index (χ3v) is 1.78. The molecule has 0 aromatic heterocycles. The van der Waals surface area contributed by atoms with Gasteiger partial charge in [-0.15, -0.1) is 0 Å². The SMILES string of the molecule is O.Oc1c(Cl)cc(Cl)cc1Cl. The third-order valence-electron chi connectivity index (χ3n) is 0.982. The summed E-state index contributed by atoms with van der Waals surface area (Å²) in [5.74, 6) is -0.132. The largest absolute Gasteiger partial charge is 0.505 e. The van der Waals surface area contributed by atoms with Gasteiger partial charge in [-0.05, 0) is 12.1 Å². The first-order chi connectivity index (χ1) is 4.61. The van der Waals surface area contributed by atoms with Crippen LogP contribution in [0.4, 0.5) is 0 Å². The van der Waals surface area contributed by atoms with E-state index in [9.17, 15) is 0 Å². The van der Waals surface area contributed by atoms with Crippen LogP contribution >= 0.6 is 34.8 Å². The van der Waals surface area contributed by atoms with Crippen LogP contribution in [0, 0.1) is 0 Å². The van der Waals surface area contributed by atoms with Gasteiger partial charge in [0.15, 0.2) is 5.75 Å². The molecule has 0 unspecified atom stereocenters. The molecule has 5 heteroatoms. The Morgan fingerprint density at radius 3 is 1.73 bits per heavy atom. The van der Waals surface area contributed by atoms with Gasteiger partial charge in [-0.25, -0.2) is 0 Å². The molecule has 0 radical (unpaired) electrons. The van der Waals surface area contributed by atoms with Crippen molar-refractivity contribution in [3.05, 3.63) is 27.2 Å². The molecule has 0 amide bonds. The Labute approximate surface area is 78.6 Å². The molecule has 0 aliphatic heterocycles. The highest BCUT2D eigenvalue weighted by molar-refractivity contribution is 6.40. The van der Waals surface area contributed by atoms with Gasteiger partial charge in [0.05, 0.1) is 10.0 Å². The van der Waals surface area contributed by atoms with E-state index in [0.717, 1.165) is 0 Å². The fourth-order valence-corrected chi connectivity index (χ4v) is 1.35. The molecule has 0 aliphatic carbocycles. The molecule has 0 saturated carbocycles. The summed E-state index contributed by atoms with van der Waals surface area (Å²) < 4.78 is 0. The molecule has 0 spiro atoms. The lowest BCUT2D eigenvalue weighted by Gasteiger charge is -1.98. The van der Waals surface area contributed by atoms with E-state index < -0.39 is 0 Å². The molecule has 11 heavy (non-hydrogen) atoms. The van der Waals surface area contributed by atoms with Crippen molar-refractivity contribution in [3.8, 4) is 5.75 Å². The number of hydrogen-bond donors (Lipinski definition) is 1. The fraction of sp³-hybridized carbons (Fsp3) is 0. The maximum atomic E-state index is 9.01. The number of phenolic OH excluding ortho intramolecular Hbond substituents is 1. The minimum absolute atomic E-state index is 0. The molecule has 0 fully saturated rings. The predicted octanol–water partition coefficient (Wildman–Crippen LogP) is 2.53. The molecule has 0 aliphatic rings. The van der Waals surface area contributed by atoms with Gasteiger partial charge < -0.3 is 10.6 Å². The van der Waals surface area contributed by atoms with Crippen molar-refractivity contribution >= 4 is 34.8 Å². The summed E-state index contributed by atoms with van der Waals surface area (Å²) in [6.07, 6.45) is 0. The quantitative estimate of drug-likeness (QED) is 0.710. The zero-order chi connectivity index (χ0) is 7.72. The van der Waals surface area contributed by atoms with Crippen LogP contribution in [0.25, 0.3) is 0 Å². The molecule has 62 valence electrons. The summed E-state index contributed by atoms with van der Waals surface area (Å²) in [5.41, 5.74) is 0. The minimum atomic E-state index is -0.132. The van der Waals surface area contributed by atoms with Crippen molar-refractivity contribution in [1.82, 2.24) is 0 Å². The van der Waals surface area contributed by atoms with Crippen LogP contribution in [0.1, 0.15) is 0 Å². The minimum Gasteiger partial charge on any atom is -0.505 e. The van der Waals surface area contributed by atoms with Crippen molar-refractivity contribution in [3.63, 3.8) is 0 Å². The van der Waals surface area contributed by atoms with Crippen LogP contribution in [0.3, 0.4) is 0 Å². The number of phenols is 1. The highest BCUT2D eigenvalue weighted by Gasteiger charge is 2.03. The van der Waals surface area contributed by atoms with Gasteiger partial charge in [-0.1, -0.05) is 34.8 Å². The average molecular weight is 215 g/mol. The second kappa shape index (κ2) is 4.02. The van der Waals surface area contributed by atoms with Crippen LogP contribution in [-0.2, 0) is 0 Å². The van der Waals surface area contributed by atoms with Gasteiger partial charge >= 0.3 is 0 Å². The van der Waals surface area contributed by atoms with Gasteiger partial charge in [0.1, 0.15) is 0 Å². The fourth-order valence-electron chi connectivity index (χ4n) is 0.535. The van der Waals surface area contributed by atoms with Crippen molar-refractivity contribution in [2.24, 2.45) is 0 Å². The number of halogens is 3. The first kappa shape index (κ1) is 10.8. The van der Waals surface area contributed by atoms with Gasteiger partial charge in [0.25, 0.3) is 0 Å². The van der Waals surface area contributed by atoms with Crippen LogP contribution in [0.5, 0.6) is 5.75 Å². The topological polar surface area (TPSA) is 51.7 Å². The van der Waals surface area contributed by atoms with Crippen LogP contribution in [0.15, 0.2) is 12.1 Å². The van der Waals surface area contributed by atoms with Crippen molar-refractivity contribution < 1.29 is 10.6 Å². The van der Waals surface area contributed by atoms with E-state index in [1.807, 2.05) is 0 Å². The summed E-state index contributed by atoms with van der Waals surface area (Å²) in [7, 11) is 0. The molecule has 0 atom stereocenters. The van der Waals surface area contributed by atoms with Gasteiger partial charge in [0, 0.05) is 5.02 Å². The Hall–Kier alpha value is -0.150. The summed E-state index contributed by atoms with van der Waals surface area (Å²) >= 11 is 16.5. The zero-order valence-corrected chi connectivity index (χ0v) is 7.50. The lowest BCUT2D eigenvalue weighted by Crippen LogP contribution is -1.70. The molecular weight excluding hydrogens is 210 g/mol. The average Bonchev–Trinajstić information content (AvgIpc) is 1.82. The highest BCUT2D eigenvalue weighted by atomic mass is 35.5. The Bertz CT molecular complexity index is 239. The number of aromatic hydroxyl groups is 1.